The zero-order chi connectivity index (χ0) is 15.6. The molecule has 0 bridgehead atoms. The number of aryl methyl sites for hydroxylation is 1. The first-order valence-corrected chi connectivity index (χ1v) is 8.49. The molecule has 2 heterocycles. The minimum Gasteiger partial charge on any atom is -0.358 e. The first-order valence-electron chi connectivity index (χ1n) is 7.61. The first-order chi connectivity index (χ1) is 11.3. The largest absolute Gasteiger partial charge is 0.358 e. The number of hydrogen-bond acceptors (Lipinski definition) is 3. The van der Waals surface area contributed by atoms with E-state index in [9.17, 15) is 0 Å². The van der Waals surface area contributed by atoms with Gasteiger partial charge in [0.15, 0.2) is 5.13 Å². The van der Waals surface area contributed by atoms with Crippen LogP contribution in [0, 0.1) is 6.92 Å². The third kappa shape index (κ3) is 2.62. The highest BCUT2D eigenvalue weighted by Gasteiger charge is 2.21. The van der Waals surface area contributed by atoms with Crippen molar-refractivity contribution in [3.63, 3.8) is 0 Å². The molecule has 0 saturated heterocycles. The number of aromatic amines is 1. The Morgan fingerprint density at radius 1 is 1.04 bits per heavy atom. The van der Waals surface area contributed by atoms with Gasteiger partial charge in [0.1, 0.15) is 0 Å². The molecule has 4 aromatic rings. The van der Waals surface area contributed by atoms with Gasteiger partial charge in [-0.3, -0.25) is 0 Å². The summed E-state index contributed by atoms with van der Waals surface area (Å²) in [6.45, 7) is 2.13. The van der Waals surface area contributed by atoms with Gasteiger partial charge in [0, 0.05) is 33.7 Å². The molecule has 0 unspecified atom stereocenters. The van der Waals surface area contributed by atoms with Crippen LogP contribution in [0.1, 0.15) is 22.9 Å². The smallest absolute Gasteiger partial charge is 0.183 e. The van der Waals surface area contributed by atoms with Crippen molar-refractivity contribution in [1.29, 1.82) is 0 Å². The van der Waals surface area contributed by atoms with Gasteiger partial charge in [0.25, 0.3) is 0 Å². The van der Waals surface area contributed by atoms with Crippen molar-refractivity contribution in [2.75, 3.05) is 5.32 Å². The predicted octanol–water partition coefficient (Wildman–Crippen LogP) is 5.13. The molecule has 0 aliphatic rings. The summed E-state index contributed by atoms with van der Waals surface area (Å²) in [6.07, 6.45) is 1.83. The predicted molar refractivity (Wildman–Crippen MR) is 97.1 cm³/mol. The van der Waals surface area contributed by atoms with E-state index >= 15 is 0 Å². The van der Waals surface area contributed by atoms with Crippen LogP contribution in [-0.2, 0) is 0 Å². The number of nitrogens with zero attached hydrogens (tertiary/aromatic N) is 1. The normalized spacial score (nSPS) is 12.4. The number of thiazole rings is 1. The van der Waals surface area contributed by atoms with Gasteiger partial charge >= 0.3 is 0 Å². The lowest BCUT2D eigenvalue weighted by molar-refractivity contribution is 0.929. The number of benzene rings is 2. The number of anilines is 1. The van der Waals surface area contributed by atoms with Crippen molar-refractivity contribution < 1.29 is 0 Å². The summed E-state index contributed by atoms with van der Waals surface area (Å²) in [4.78, 5) is 7.90. The highest BCUT2D eigenvalue weighted by molar-refractivity contribution is 7.13. The third-order valence-electron chi connectivity index (χ3n) is 4.07. The third-order valence-corrected chi connectivity index (χ3v) is 4.77. The van der Waals surface area contributed by atoms with Crippen LogP contribution in [0.4, 0.5) is 5.13 Å². The Morgan fingerprint density at radius 3 is 2.61 bits per heavy atom. The van der Waals surface area contributed by atoms with E-state index in [0.29, 0.717) is 0 Å². The average Bonchev–Trinajstić information content (AvgIpc) is 3.20. The lowest BCUT2D eigenvalue weighted by Gasteiger charge is -2.20. The van der Waals surface area contributed by atoms with Crippen molar-refractivity contribution in [2.45, 2.75) is 13.0 Å². The fourth-order valence-corrected chi connectivity index (χ4v) is 3.61. The van der Waals surface area contributed by atoms with E-state index in [0.717, 1.165) is 5.13 Å². The molecule has 0 radical (unpaired) electrons. The van der Waals surface area contributed by atoms with Gasteiger partial charge in [-0.25, -0.2) is 4.98 Å². The van der Waals surface area contributed by atoms with Crippen LogP contribution < -0.4 is 5.32 Å². The highest BCUT2D eigenvalue weighted by atomic mass is 32.1. The van der Waals surface area contributed by atoms with Gasteiger partial charge in [0.05, 0.1) is 6.04 Å². The number of nitrogens with one attached hydrogen (secondary N) is 2. The SMILES string of the molecule is Cc1[nH]c2ccccc2c1[C@H](Nc1nccs1)c1ccccc1. The van der Waals surface area contributed by atoms with Crippen LogP contribution in [0.3, 0.4) is 0 Å². The molecule has 1 atom stereocenters. The minimum atomic E-state index is 0.0681. The van der Waals surface area contributed by atoms with Gasteiger partial charge in [0.2, 0.25) is 0 Å². The van der Waals surface area contributed by atoms with E-state index < -0.39 is 0 Å². The van der Waals surface area contributed by atoms with Gasteiger partial charge in [-0.1, -0.05) is 48.5 Å². The molecule has 0 amide bonds. The number of aromatic nitrogens is 2. The highest BCUT2D eigenvalue weighted by Crippen LogP contribution is 2.34. The molecule has 4 heteroatoms. The Bertz CT molecular complexity index is 910. The molecule has 23 heavy (non-hydrogen) atoms. The van der Waals surface area contributed by atoms with E-state index in [1.165, 1.54) is 27.7 Å². The fraction of sp³-hybridized carbons (Fsp3) is 0.105. The molecule has 2 aromatic heterocycles. The van der Waals surface area contributed by atoms with E-state index in [1.807, 2.05) is 17.6 Å². The summed E-state index contributed by atoms with van der Waals surface area (Å²) >= 11 is 1.62. The topological polar surface area (TPSA) is 40.7 Å². The van der Waals surface area contributed by atoms with Crippen molar-refractivity contribution >= 4 is 27.4 Å². The molecule has 0 saturated carbocycles. The zero-order valence-electron chi connectivity index (χ0n) is 12.8. The first kappa shape index (κ1) is 14.0. The summed E-state index contributed by atoms with van der Waals surface area (Å²) < 4.78 is 0. The maximum Gasteiger partial charge on any atom is 0.183 e. The second kappa shape index (κ2) is 5.89. The molecular formula is C19H17N3S. The van der Waals surface area contributed by atoms with E-state index in [-0.39, 0.29) is 6.04 Å². The molecule has 0 aliphatic carbocycles. The van der Waals surface area contributed by atoms with Gasteiger partial charge < -0.3 is 10.3 Å². The molecule has 4 rings (SSSR count). The minimum absolute atomic E-state index is 0.0681. The van der Waals surface area contributed by atoms with Crippen LogP contribution in [0.25, 0.3) is 10.9 Å². The number of fused-ring (bicyclic) bond motifs is 1. The summed E-state index contributed by atoms with van der Waals surface area (Å²) in [7, 11) is 0. The second-order valence-corrected chi connectivity index (χ2v) is 6.43. The Hall–Kier alpha value is -2.59. The molecule has 2 N–H and O–H groups in total. The molecule has 114 valence electrons. The molecule has 0 fully saturated rings. The summed E-state index contributed by atoms with van der Waals surface area (Å²) in [5.41, 5.74) is 4.86. The summed E-state index contributed by atoms with van der Waals surface area (Å²) in [5, 5.41) is 7.78. The lowest BCUT2D eigenvalue weighted by atomic mass is 9.96. The second-order valence-electron chi connectivity index (χ2n) is 5.53. The van der Waals surface area contributed by atoms with Crippen LogP contribution in [0.2, 0.25) is 0 Å². The van der Waals surface area contributed by atoms with Crippen LogP contribution in [-0.4, -0.2) is 9.97 Å². The zero-order valence-corrected chi connectivity index (χ0v) is 13.6. The molecule has 0 spiro atoms. The molecule has 0 aliphatic heterocycles. The standard InChI is InChI=1S/C19H17N3S/c1-13-17(15-9-5-6-10-16(15)21-13)18(14-7-3-2-4-8-14)22-19-20-11-12-23-19/h2-12,18,21H,1H3,(H,20,22)/t18-/m1/s1. The summed E-state index contributed by atoms with van der Waals surface area (Å²) in [6, 6.07) is 19.0. The van der Waals surface area contributed by atoms with E-state index in [1.54, 1.807) is 11.3 Å². The van der Waals surface area contributed by atoms with E-state index in [4.69, 9.17) is 0 Å². The van der Waals surface area contributed by atoms with Crippen LogP contribution in [0.5, 0.6) is 0 Å². The Labute approximate surface area is 139 Å². The Morgan fingerprint density at radius 2 is 1.83 bits per heavy atom. The number of hydrogen-bond donors (Lipinski definition) is 2. The number of H-pyrrole nitrogens is 1. The lowest BCUT2D eigenvalue weighted by Crippen LogP contribution is -2.13. The Balaban J connectivity index is 1.88. The van der Waals surface area contributed by atoms with Gasteiger partial charge in [-0.05, 0) is 18.6 Å². The average molecular weight is 319 g/mol. The Kier molecular flexibility index (Phi) is 3.60. The maximum absolute atomic E-state index is 4.40. The molecule has 2 aromatic carbocycles. The van der Waals surface area contributed by atoms with E-state index in [2.05, 4.69) is 70.7 Å². The van der Waals surface area contributed by atoms with Crippen molar-refractivity contribution in [3.05, 3.63) is 83.0 Å². The summed E-state index contributed by atoms with van der Waals surface area (Å²) in [5.74, 6) is 0. The molecule has 3 nitrogen and oxygen atoms in total. The number of para-hydroxylation sites is 1. The quantitative estimate of drug-likeness (QED) is 0.547. The van der Waals surface area contributed by atoms with Gasteiger partial charge in [-0.2, -0.15) is 0 Å². The van der Waals surface area contributed by atoms with Gasteiger partial charge in [-0.15, -0.1) is 11.3 Å². The van der Waals surface area contributed by atoms with Crippen LogP contribution in [0.15, 0.2) is 66.2 Å². The van der Waals surface area contributed by atoms with Crippen LogP contribution >= 0.6 is 11.3 Å². The van der Waals surface area contributed by atoms with Crippen molar-refractivity contribution in [2.24, 2.45) is 0 Å². The van der Waals surface area contributed by atoms with Crippen molar-refractivity contribution in [3.8, 4) is 0 Å². The fourth-order valence-electron chi connectivity index (χ4n) is 3.06. The van der Waals surface area contributed by atoms with Crippen molar-refractivity contribution in [1.82, 2.24) is 9.97 Å². The number of rotatable bonds is 4. The maximum atomic E-state index is 4.40. The molecular weight excluding hydrogens is 302 g/mol. The monoisotopic (exact) mass is 319 g/mol.